The highest BCUT2D eigenvalue weighted by Gasteiger charge is 2.32. The van der Waals surface area contributed by atoms with Crippen LogP contribution < -0.4 is 30.0 Å². The van der Waals surface area contributed by atoms with Gasteiger partial charge in [-0.05, 0) is 139 Å². The highest BCUT2D eigenvalue weighted by molar-refractivity contribution is 7.89. The average molecular weight is 1060 g/mol. The number of aliphatic hydroxyl groups excluding tert-OH is 2. The third-order valence-corrected chi connectivity index (χ3v) is 16.2. The van der Waals surface area contributed by atoms with Crippen LogP contribution in [0.15, 0.2) is 131 Å². The summed E-state index contributed by atoms with van der Waals surface area (Å²) in [6.45, 7) is 8.14. The molecule has 6 aromatic rings. The standard InChI is InChI=1S/C27H33N3O5S.C19H24N2O5S.C9H13NO/c1-3-35-25-16-11-21-17-23(14-15-24(21)28-25)36(33,34)30-22-12-9-20(10-13-22)27(32)29-26(18(2)31)19-7-5-4-6-8-19;1-3-26-18-11-6-14-12-16(9-10-17(14)20-18)27(23,24)21-15-7-4-13(5-8-15)19(22)25-2;1-7(11)9(10)8-5-3-2-4-6-8/h4-8,11,14-18,20,22,26,30-31H,3,9-10,12-13H2,1-2H3,(H,29,32);6,9-13,15,21H,3-5,7-8H2,1-2H3;2-7,9,11H,10H2,1H3/t18-,20?,22?,26-;;7-,9-/m1.1/s1. The van der Waals surface area contributed by atoms with Crippen LogP contribution in [-0.2, 0) is 34.4 Å². The van der Waals surface area contributed by atoms with E-state index in [1.165, 1.54) is 7.11 Å². The summed E-state index contributed by atoms with van der Waals surface area (Å²) in [6, 6.07) is 34.5. The van der Waals surface area contributed by atoms with Crippen molar-refractivity contribution in [3.8, 4) is 11.8 Å². The molecule has 2 aliphatic carbocycles. The number of amides is 1. The molecule has 398 valence electrons. The first-order chi connectivity index (χ1) is 35.4. The Morgan fingerprint density at radius 3 is 1.45 bits per heavy atom. The van der Waals surface area contributed by atoms with Crippen molar-refractivity contribution in [3.05, 3.63) is 132 Å². The fourth-order valence-corrected chi connectivity index (χ4v) is 11.7. The molecule has 19 heteroatoms. The van der Waals surface area contributed by atoms with E-state index in [-0.39, 0.29) is 51.6 Å². The molecule has 7 N–H and O–H groups in total. The van der Waals surface area contributed by atoms with Gasteiger partial charge in [0.05, 0.1) is 71.4 Å². The van der Waals surface area contributed by atoms with Crippen LogP contribution in [0.4, 0.5) is 0 Å². The van der Waals surface area contributed by atoms with Crippen LogP contribution in [0.2, 0.25) is 0 Å². The number of benzene rings is 4. The molecule has 17 nitrogen and oxygen atoms in total. The van der Waals surface area contributed by atoms with Crippen LogP contribution in [0.3, 0.4) is 0 Å². The monoisotopic (exact) mass is 1050 g/mol. The third-order valence-electron chi connectivity index (χ3n) is 13.1. The van der Waals surface area contributed by atoms with Crippen molar-refractivity contribution in [1.29, 1.82) is 0 Å². The Morgan fingerprint density at radius 2 is 1.04 bits per heavy atom. The number of hydrogen-bond donors (Lipinski definition) is 6. The van der Waals surface area contributed by atoms with Gasteiger partial charge in [0.25, 0.3) is 0 Å². The second kappa shape index (κ2) is 26.9. The number of nitrogens with two attached hydrogens (primary N) is 1. The van der Waals surface area contributed by atoms with Gasteiger partial charge in [0.15, 0.2) is 0 Å². The number of esters is 1. The van der Waals surface area contributed by atoms with Crippen LogP contribution >= 0.6 is 0 Å². The molecule has 2 aliphatic rings. The summed E-state index contributed by atoms with van der Waals surface area (Å²) in [7, 11) is -5.98. The molecular formula is C55H70N6O11S2. The number of hydrogen-bond acceptors (Lipinski definition) is 14. The maximum atomic E-state index is 13.0. The van der Waals surface area contributed by atoms with Gasteiger partial charge in [-0.2, -0.15) is 0 Å². The Labute approximate surface area is 434 Å². The molecule has 1 amide bonds. The summed E-state index contributed by atoms with van der Waals surface area (Å²) >= 11 is 0. The Kier molecular flexibility index (Phi) is 20.8. The molecule has 0 bridgehead atoms. The van der Waals surface area contributed by atoms with Crippen molar-refractivity contribution in [2.45, 2.75) is 125 Å². The lowest BCUT2D eigenvalue weighted by Gasteiger charge is -2.30. The number of aliphatic hydroxyl groups is 2. The van der Waals surface area contributed by atoms with Crippen molar-refractivity contribution < 1.29 is 50.8 Å². The van der Waals surface area contributed by atoms with E-state index in [1.807, 2.05) is 74.5 Å². The first kappa shape index (κ1) is 57.2. The van der Waals surface area contributed by atoms with Gasteiger partial charge in [-0.1, -0.05) is 60.7 Å². The number of nitrogens with one attached hydrogen (secondary N) is 3. The lowest BCUT2D eigenvalue weighted by atomic mass is 9.85. The number of ether oxygens (including phenoxy) is 3. The molecule has 2 heterocycles. The number of aromatic nitrogens is 2. The maximum absolute atomic E-state index is 13.0. The van der Waals surface area contributed by atoms with Gasteiger partial charge < -0.3 is 35.5 Å². The Balaban J connectivity index is 0.000000205. The minimum atomic E-state index is -3.72. The van der Waals surface area contributed by atoms with E-state index in [0.29, 0.717) is 92.8 Å². The molecule has 2 saturated carbocycles. The number of carbonyl (C=O) groups excluding carboxylic acids is 2. The Bertz CT molecular complexity index is 2990. The number of methoxy groups -OCH3 is 1. The Morgan fingerprint density at radius 1 is 0.608 bits per heavy atom. The zero-order valence-electron chi connectivity index (χ0n) is 42.6. The van der Waals surface area contributed by atoms with Gasteiger partial charge in [0.2, 0.25) is 37.7 Å². The number of sulfonamides is 2. The van der Waals surface area contributed by atoms with Crippen LogP contribution in [0, 0.1) is 11.8 Å². The van der Waals surface area contributed by atoms with E-state index in [0.717, 1.165) is 16.5 Å². The first-order valence-corrected chi connectivity index (χ1v) is 28.1. The smallest absolute Gasteiger partial charge is 0.308 e. The highest BCUT2D eigenvalue weighted by Crippen LogP contribution is 2.30. The van der Waals surface area contributed by atoms with E-state index >= 15 is 0 Å². The minimum absolute atomic E-state index is 0.112. The molecule has 8 rings (SSSR count). The molecule has 2 fully saturated rings. The third kappa shape index (κ3) is 16.0. The number of carbonyl (C=O) groups is 2. The van der Waals surface area contributed by atoms with E-state index in [2.05, 4.69) is 24.7 Å². The fourth-order valence-electron chi connectivity index (χ4n) is 8.99. The van der Waals surface area contributed by atoms with E-state index in [9.17, 15) is 31.5 Å². The van der Waals surface area contributed by atoms with Gasteiger partial charge in [0, 0.05) is 40.9 Å². The molecule has 4 aromatic carbocycles. The normalized spacial score (nSPS) is 19.5. The molecule has 0 aliphatic heterocycles. The van der Waals surface area contributed by atoms with E-state index < -0.39 is 38.3 Å². The van der Waals surface area contributed by atoms with Gasteiger partial charge in [-0.3, -0.25) is 9.59 Å². The van der Waals surface area contributed by atoms with E-state index in [4.69, 9.17) is 25.1 Å². The molecule has 4 atom stereocenters. The summed E-state index contributed by atoms with van der Waals surface area (Å²) in [5, 5.41) is 23.8. The topological polar surface area (TPSA) is 258 Å². The maximum Gasteiger partial charge on any atom is 0.308 e. The molecule has 74 heavy (non-hydrogen) atoms. The van der Waals surface area contributed by atoms with E-state index in [1.54, 1.807) is 74.5 Å². The number of fused-ring (bicyclic) bond motifs is 2. The average Bonchev–Trinajstić information content (AvgIpc) is 3.40. The quantitative estimate of drug-likeness (QED) is 0.0486. The van der Waals surface area contributed by atoms with Gasteiger partial charge in [-0.25, -0.2) is 36.2 Å². The fraction of sp³-hybridized carbons (Fsp3) is 0.418. The lowest BCUT2D eigenvalue weighted by molar-refractivity contribution is -0.146. The zero-order valence-corrected chi connectivity index (χ0v) is 44.2. The van der Waals surface area contributed by atoms with Crippen LogP contribution in [0.25, 0.3) is 21.8 Å². The van der Waals surface area contributed by atoms with Gasteiger partial charge >= 0.3 is 5.97 Å². The van der Waals surface area contributed by atoms with Crippen LogP contribution in [-0.4, -0.2) is 93.5 Å². The van der Waals surface area contributed by atoms with Crippen molar-refractivity contribution in [3.63, 3.8) is 0 Å². The number of pyridine rings is 2. The summed E-state index contributed by atoms with van der Waals surface area (Å²) in [4.78, 5) is 33.6. The summed E-state index contributed by atoms with van der Waals surface area (Å²) < 4.78 is 72.7. The van der Waals surface area contributed by atoms with Crippen molar-refractivity contribution in [1.82, 2.24) is 24.7 Å². The molecule has 2 aromatic heterocycles. The molecule has 0 unspecified atom stereocenters. The summed E-state index contributed by atoms with van der Waals surface area (Å²) in [6.07, 6.45) is 3.54. The number of rotatable bonds is 17. The Hall–Kier alpha value is -6.06. The minimum Gasteiger partial charge on any atom is -0.478 e. The highest BCUT2D eigenvalue weighted by atomic mass is 32.2. The van der Waals surface area contributed by atoms with Crippen molar-refractivity contribution in [2.24, 2.45) is 17.6 Å². The molecule has 0 spiro atoms. The summed E-state index contributed by atoms with van der Waals surface area (Å²) in [5.41, 5.74) is 8.85. The predicted molar refractivity (Wildman–Crippen MR) is 284 cm³/mol. The molecular weight excluding hydrogens is 985 g/mol. The van der Waals surface area contributed by atoms with Crippen LogP contribution in [0.5, 0.6) is 11.8 Å². The van der Waals surface area contributed by atoms with Gasteiger partial charge in [0.1, 0.15) is 0 Å². The molecule has 0 saturated heterocycles. The zero-order chi connectivity index (χ0) is 53.4. The van der Waals surface area contributed by atoms with Crippen molar-refractivity contribution >= 4 is 53.7 Å². The first-order valence-electron chi connectivity index (χ1n) is 25.1. The van der Waals surface area contributed by atoms with Gasteiger partial charge in [-0.15, -0.1) is 0 Å². The second-order valence-corrected chi connectivity index (χ2v) is 22.0. The largest absolute Gasteiger partial charge is 0.478 e. The predicted octanol–water partition coefficient (Wildman–Crippen LogP) is 7.42. The lowest BCUT2D eigenvalue weighted by Crippen LogP contribution is -2.43. The second-order valence-electron chi connectivity index (χ2n) is 18.6. The SMILES string of the molecule is CCOc1ccc2cc(S(=O)(=O)NC3CCC(C(=O)N[C@@H](c4ccccc4)[C@@H](C)O)CC3)ccc2n1.CCOc1ccc2cc(S(=O)(=O)NC3CCC(C(=O)OC)CC3)ccc2n1.C[C@@H](O)[C@@H](N)c1ccccc1. The molecule has 0 radical (unpaired) electrons. The summed E-state index contributed by atoms with van der Waals surface area (Å²) in [5.74, 6) is 0.331. The van der Waals surface area contributed by atoms with Crippen LogP contribution in [0.1, 0.15) is 102 Å². The van der Waals surface area contributed by atoms with Crippen molar-refractivity contribution in [2.75, 3.05) is 20.3 Å². The number of nitrogens with zero attached hydrogens (tertiary/aromatic N) is 2.